The molecule has 1 aliphatic rings. The normalized spacial score (nSPS) is 21.7. The van der Waals surface area contributed by atoms with Crippen molar-refractivity contribution >= 4 is 12.6 Å². The first kappa shape index (κ1) is 11.4. The van der Waals surface area contributed by atoms with E-state index in [4.69, 9.17) is 0 Å². The maximum Gasteiger partial charge on any atom is 0.00398 e. The van der Waals surface area contributed by atoms with E-state index >= 15 is 0 Å². The van der Waals surface area contributed by atoms with E-state index < -0.39 is 0 Å². The fourth-order valence-electron chi connectivity index (χ4n) is 2.28. The molecule has 0 aromatic heterocycles. The summed E-state index contributed by atoms with van der Waals surface area (Å²) in [7, 11) is 0. The first-order chi connectivity index (χ1) is 6.34. The molecule has 1 rings (SSSR count). The van der Waals surface area contributed by atoms with Gasteiger partial charge in [-0.1, -0.05) is 39.0 Å². The van der Waals surface area contributed by atoms with Gasteiger partial charge in [-0.2, -0.15) is 12.6 Å². The summed E-state index contributed by atoms with van der Waals surface area (Å²) in [5.74, 6) is 2.80. The molecule has 1 aliphatic carbocycles. The van der Waals surface area contributed by atoms with Crippen LogP contribution in [-0.2, 0) is 0 Å². The molecule has 0 saturated heterocycles. The van der Waals surface area contributed by atoms with Crippen LogP contribution in [0.15, 0.2) is 0 Å². The monoisotopic (exact) mass is 201 g/mol. The van der Waals surface area contributed by atoms with Gasteiger partial charge in [0, 0.05) is 12.3 Å². The van der Waals surface area contributed by atoms with Gasteiger partial charge in [-0.3, -0.25) is 0 Å². The Morgan fingerprint density at radius 1 is 1.31 bits per heavy atom. The maximum atomic E-state index is 4.19. The lowest BCUT2D eigenvalue weighted by Gasteiger charge is -2.27. The highest BCUT2D eigenvalue weighted by atomic mass is 32.1. The van der Waals surface area contributed by atoms with Gasteiger partial charge in [-0.25, -0.2) is 0 Å². The Morgan fingerprint density at radius 2 is 2.00 bits per heavy atom. The Hall–Kier alpha value is 0.310. The van der Waals surface area contributed by atoms with Gasteiger partial charge >= 0.3 is 0 Å². The van der Waals surface area contributed by atoms with Gasteiger partial charge in [0.05, 0.1) is 0 Å². The number of nitrogens with one attached hydrogen (secondary N) is 1. The third-order valence-corrected chi connectivity index (χ3v) is 3.43. The maximum absolute atomic E-state index is 4.19. The third kappa shape index (κ3) is 4.37. The van der Waals surface area contributed by atoms with Crippen LogP contribution in [-0.4, -0.2) is 18.8 Å². The van der Waals surface area contributed by atoms with Crippen molar-refractivity contribution in [1.82, 2.24) is 5.32 Å². The fourth-order valence-corrected chi connectivity index (χ4v) is 2.44. The molecule has 1 fully saturated rings. The van der Waals surface area contributed by atoms with Crippen LogP contribution in [0.4, 0.5) is 0 Å². The molecule has 2 heteroatoms. The molecule has 1 saturated carbocycles. The van der Waals surface area contributed by atoms with Crippen molar-refractivity contribution in [2.45, 2.75) is 39.0 Å². The third-order valence-electron chi connectivity index (χ3n) is 3.21. The Balaban J connectivity index is 2.09. The predicted octanol–water partition coefficient (Wildman–Crippen LogP) is 2.72. The van der Waals surface area contributed by atoms with E-state index in [1.165, 1.54) is 38.6 Å². The van der Waals surface area contributed by atoms with Crippen LogP contribution in [0.25, 0.3) is 0 Å². The molecule has 0 heterocycles. The molecule has 0 amide bonds. The van der Waals surface area contributed by atoms with Gasteiger partial charge in [0.1, 0.15) is 0 Å². The molecule has 78 valence electrons. The summed E-state index contributed by atoms with van der Waals surface area (Å²) in [5, 5.41) is 3.46. The second-order valence-electron chi connectivity index (χ2n) is 4.30. The lowest BCUT2D eigenvalue weighted by Crippen LogP contribution is -2.28. The lowest BCUT2D eigenvalue weighted by atomic mass is 9.81. The van der Waals surface area contributed by atoms with E-state index in [2.05, 4.69) is 24.9 Å². The largest absolute Gasteiger partial charge is 0.316 e. The first-order valence-corrected chi connectivity index (χ1v) is 6.29. The number of thiol groups is 1. The van der Waals surface area contributed by atoms with Crippen LogP contribution in [0.1, 0.15) is 39.0 Å². The summed E-state index contributed by atoms with van der Waals surface area (Å²) in [5.41, 5.74) is 0. The van der Waals surface area contributed by atoms with Crippen LogP contribution >= 0.6 is 12.6 Å². The van der Waals surface area contributed by atoms with Crippen molar-refractivity contribution in [2.24, 2.45) is 11.8 Å². The number of rotatable bonds is 5. The van der Waals surface area contributed by atoms with Crippen molar-refractivity contribution in [3.05, 3.63) is 0 Å². The van der Waals surface area contributed by atoms with Crippen molar-refractivity contribution in [1.29, 1.82) is 0 Å². The summed E-state index contributed by atoms with van der Waals surface area (Å²) in [6.45, 7) is 4.63. The minimum Gasteiger partial charge on any atom is -0.316 e. The quantitative estimate of drug-likeness (QED) is 0.515. The van der Waals surface area contributed by atoms with Crippen LogP contribution in [0.3, 0.4) is 0 Å². The fraction of sp³-hybridized carbons (Fsp3) is 1.00. The number of hydrogen-bond acceptors (Lipinski definition) is 2. The zero-order chi connectivity index (χ0) is 9.52. The van der Waals surface area contributed by atoms with E-state index in [0.717, 1.165) is 24.1 Å². The van der Waals surface area contributed by atoms with E-state index in [9.17, 15) is 0 Å². The summed E-state index contributed by atoms with van der Waals surface area (Å²) in [4.78, 5) is 0. The molecule has 1 nitrogen and oxygen atoms in total. The molecule has 0 bridgehead atoms. The minimum absolute atomic E-state index is 0.861. The van der Waals surface area contributed by atoms with Gasteiger partial charge in [-0.05, 0) is 18.4 Å². The highest BCUT2D eigenvalue weighted by Crippen LogP contribution is 2.29. The minimum atomic E-state index is 0.861. The summed E-state index contributed by atoms with van der Waals surface area (Å²) in [6, 6.07) is 0. The highest BCUT2D eigenvalue weighted by Gasteiger charge is 2.19. The van der Waals surface area contributed by atoms with Gasteiger partial charge < -0.3 is 5.32 Å². The van der Waals surface area contributed by atoms with Crippen molar-refractivity contribution in [3.8, 4) is 0 Å². The molecular weight excluding hydrogens is 178 g/mol. The average molecular weight is 201 g/mol. The molecule has 0 aliphatic heterocycles. The molecule has 0 spiro atoms. The Labute approximate surface area is 88.1 Å². The molecule has 0 aromatic carbocycles. The second kappa shape index (κ2) is 6.72. The molecule has 1 atom stereocenters. The Kier molecular flexibility index (Phi) is 5.88. The summed E-state index contributed by atoms with van der Waals surface area (Å²) in [6.07, 6.45) is 7.31. The highest BCUT2D eigenvalue weighted by molar-refractivity contribution is 7.80. The molecule has 0 aromatic rings. The van der Waals surface area contributed by atoms with Crippen LogP contribution < -0.4 is 5.32 Å². The molecule has 0 radical (unpaired) electrons. The number of hydrogen-bond donors (Lipinski definition) is 2. The van der Waals surface area contributed by atoms with Gasteiger partial charge in [0.2, 0.25) is 0 Å². The molecule has 0 unspecified atom stereocenters. The molecular formula is C11H23NS. The topological polar surface area (TPSA) is 12.0 Å². The molecule has 1 N–H and O–H groups in total. The van der Waals surface area contributed by atoms with Crippen molar-refractivity contribution in [2.75, 3.05) is 18.8 Å². The SMILES string of the molecule is C[C@H](CNCCS)C1CCCCC1. The van der Waals surface area contributed by atoms with E-state index in [1.807, 2.05) is 0 Å². The van der Waals surface area contributed by atoms with E-state index in [1.54, 1.807) is 0 Å². The van der Waals surface area contributed by atoms with Gasteiger partial charge in [0.15, 0.2) is 0 Å². The van der Waals surface area contributed by atoms with Crippen molar-refractivity contribution in [3.63, 3.8) is 0 Å². The lowest BCUT2D eigenvalue weighted by molar-refractivity contribution is 0.258. The Morgan fingerprint density at radius 3 is 2.62 bits per heavy atom. The van der Waals surface area contributed by atoms with E-state index in [0.29, 0.717) is 0 Å². The van der Waals surface area contributed by atoms with Crippen LogP contribution in [0, 0.1) is 11.8 Å². The van der Waals surface area contributed by atoms with Gasteiger partial charge in [-0.15, -0.1) is 0 Å². The van der Waals surface area contributed by atoms with Crippen molar-refractivity contribution < 1.29 is 0 Å². The second-order valence-corrected chi connectivity index (χ2v) is 4.75. The molecule has 13 heavy (non-hydrogen) atoms. The standard InChI is InChI=1S/C11H23NS/c1-10(9-12-7-8-13)11-5-3-2-4-6-11/h10-13H,2-9H2,1H3/t10-/m1/s1. The van der Waals surface area contributed by atoms with Gasteiger partial charge in [0.25, 0.3) is 0 Å². The van der Waals surface area contributed by atoms with E-state index in [-0.39, 0.29) is 0 Å². The summed E-state index contributed by atoms with van der Waals surface area (Å²) < 4.78 is 0. The summed E-state index contributed by atoms with van der Waals surface area (Å²) >= 11 is 4.19. The smallest absolute Gasteiger partial charge is 0.00398 e. The van der Waals surface area contributed by atoms with Crippen LogP contribution in [0.2, 0.25) is 0 Å². The van der Waals surface area contributed by atoms with Crippen LogP contribution in [0.5, 0.6) is 0 Å². The average Bonchev–Trinajstić information content (AvgIpc) is 2.19. The zero-order valence-electron chi connectivity index (χ0n) is 8.76. The first-order valence-electron chi connectivity index (χ1n) is 5.66. The predicted molar refractivity (Wildman–Crippen MR) is 62.5 cm³/mol. The zero-order valence-corrected chi connectivity index (χ0v) is 9.65. The Bertz CT molecular complexity index is 121.